The van der Waals surface area contributed by atoms with Gasteiger partial charge in [0.25, 0.3) is 0 Å². The lowest BCUT2D eigenvalue weighted by molar-refractivity contribution is -0.121. The summed E-state index contributed by atoms with van der Waals surface area (Å²) in [5.41, 5.74) is 0. The van der Waals surface area contributed by atoms with Gasteiger partial charge in [0.1, 0.15) is 0 Å². The molecular formula is C4H4Br2O2. The summed E-state index contributed by atoms with van der Waals surface area (Å²) in [5, 5.41) is 0.254. The highest BCUT2D eigenvalue weighted by molar-refractivity contribution is 9.18. The second kappa shape index (κ2) is 4.21. The average molecular weight is 244 g/mol. The fourth-order valence-electron chi connectivity index (χ4n) is 0.202. The largest absolute Gasteiger partial charge is 0.298 e. The van der Waals surface area contributed by atoms with Crippen LogP contribution >= 0.6 is 31.9 Å². The number of hydrogen-bond donors (Lipinski definition) is 0. The Morgan fingerprint density at radius 1 is 1.38 bits per heavy atom. The van der Waals surface area contributed by atoms with Gasteiger partial charge in [0.05, 0.1) is 11.8 Å². The molecule has 0 aromatic heterocycles. The van der Waals surface area contributed by atoms with Crippen LogP contribution in [0.3, 0.4) is 0 Å². The van der Waals surface area contributed by atoms with Crippen LogP contribution in [0, 0.1) is 0 Å². The van der Waals surface area contributed by atoms with E-state index >= 15 is 0 Å². The minimum absolute atomic E-state index is 0.0226. The molecule has 0 aromatic rings. The first-order valence-corrected chi connectivity index (χ1v) is 3.84. The van der Waals surface area contributed by atoms with E-state index in [0.29, 0.717) is 0 Å². The summed E-state index contributed by atoms with van der Waals surface area (Å²) in [4.78, 5) is 20.4. The molecule has 0 aromatic carbocycles. The number of hydrogen-bond acceptors (Lipinski definition) is 2. The van der Waals surface area contributed by atoms with Crippen molar-refractivity contribution in [3.05, 3.63) is 0 Å². The topological polar surface area (TPSA) is 34.1 Å². The van der Waals surface area contributed by atoms with Crippen molar-refractivity contribution in [2.75, 3.05) is 5.33 Å². The molecule has 0 saturated heterocycles. The molecule has 0 fully saturated rings. The SMILES string of the molecule is O=C(Br)CC(=O)CBr. The summed E-state index contributed by atoms with van der Waals surface area (Å²) in [6, 6.07) is 0. The van der Waals surface area contributed by atoms with Crippen molar-refractivity contribution in [2.45, 2.75) is 6.42 Å². The summed E-state index contributed by atoms with van der Waals surface area (Å²) in [5.74, 6) is -0.105. The van der Waals surface area contributed by atoms with E-state index in [1.807, 2.05) is 0 Å². The highest BCUT2D eigenvalue weighted by Gasteiger charge is 2.02. The molecule has 0 spiro atoms. The number of alkyl halides is 1. The molecular weight excluding hydrogens is 240 g/mol. The van der Waals surface area contributed by atoms with E-state index in [-0.39, 0.29) is 22.2 Å². The molecule has 46 valence electrons. The van der Waals surface area contributed by atoms with Gasteiger partial charge in [-0.25, -0.2) is 0 Å². The molecule has 0 rings (SSSR count). The molecule has 8 heavy (non-hydrogen) atoms. The lowest BCUT2D eigenvalue weighted by Gasteiger charge is -1.84. The Morgan fingerprint density at radius 3 is 2.00 bits per heavy atom. The molecule has 0 saturated carbocycles. The van der Waals surface area contributed by atoms with E-state index < -0.39 is 0 Å². The average Bonchev–Trinajstić information content (AvgIpc) is 1.65. The first kappa shape index (κ1) is 8.30. The minimum Gasteiger partial charge on any atom is -0.298 e. The monoisotopic (exact) mass is 242 g/mol. The molecule has 0 heterocycles. The number of ketones is 1. The van der Waals surface area contributed by atoms with Gasteiger partial charge in [0.2, 0.25) is 4.69 Å². The smallest absolute Gasteiger partial charge is 0.205 e. The normalized spacial score (nSPS) is 8.75. The quantitative estimate of drug-likeness (QED) is 0.425. The fraction of sp³-hybridized carbons (Fsp3) is 0.500. The summed E-state index contributed by atoms with van der Waals surface area (Å²) >= 11 is 5.56. The Morgan fingerprint density at radius 2 is 1.88 bits per heavy atom. The van der Waals surface area contributed by atoms with Crippen molar-refractivity contribution in [2.24, 2.45) is 0 Å². The molecule has 0 aliphatic carbocycles. The molecule has 4 heteroatoms. The number of halogens is 2. The Hall–Kier alpha value is 0.300. The number of carbonyl (C=O) groups excluding carboxylic acids is 2. The molecule has 0 amide bonds. The second-order valence-electron chi connectivity index (χ2n) is 1.20. The van der Waals surface area contributed by atoms with E-state index in [2.05, 4.69) is 31.9 Å². The fourth-order valence-corrected chi connectivity index (χ4v) is 0.713. The van der Waals surface area contributed by atoms with Crippen LogP contribution in [0.15, 0.2) is 0 Å². The number of Topliss-reactive ketones (excluding diaryl/α,β-unsaturated/α-hetero) is 1. The summed E-state index contributed by atoms with van der Waals surface area (Å²) in [7, 11) is 0. The maximum Gasteiger partial charge on any atom is 0.205 e. The van der Waals surface area contributed by atoms with E-state index in [9.17, 15) is 9.59 Å². The summed E-state index contributed by atoms with van der Waals surface area (Å²) in [6.07, 6.45) is -0.0226. The zero-order chi connectivity index (χ0) is 6.57. The highest BCUT2D eigenvalue weighted by atomic mass is 79.9. The summed E-state index contributed by atoms with van der Waals surface area (Å²) in [6.45, 7) is 0. The molecule has 0 unspecified atom stereocenters. The number of carbonyl (C=O) groups is 2. The van der Waals surface area contributed by atoms with Crippen molar-refractivity contribution in [3.63, 3.8) is 0 Å². The third-order valence-corrected chi connectivity index (χ3v) is 1.39. The van der Waals surface area contributed by atoms with Crippen molar-refractivity contribution in [1.82, 2.24) is 0 Å². The minimum atomic E-state index is -0.262. The summed E-state index contributed by atoms with van der Waals surface area (Å²) < 4.78 is -0.262. The molecule has 0 radical (unpaired) electrons. The molecule has 0 N–H and O–H groups in total. The van der Waals surface area contributed by atoms with E-state index in [4.69, 9.17) is 0 Å². The highest BCUT2D eigenvalue weighted by Crippen LogP contribution is 1.94. The predicted molar refractivity (Wildman–Crippen MR) is 37.4 cm³/mol. The van der Waals surface area contributed by atoms with Crippen molar-refractivity contribution in [3.8, 4) is 0 Å². The van der Waals surface area contributed by atoms with Crippen LogP contribution < -0.4 is 0 Å². The third-order valence-electron chi connectivity index (χ3n) is 0.485. The van der Waals surface area contributed by atoms with Crippen LogP contribution in [-0.2, 0) is 9.59 Å². The van der Waals surface area contributed by atoms with E-state index in [0.717, 1.165) is 0 Å². The lowest BCUT2D eigenvalue weighted by Crippen LogP contribution is -2.02. The second-order valence-corrected chi connectivity index (χ2v) is 2.65. The Labute approximate surface area is 63.9 Å². The van der Waals surface area contributed by atoms with Crippen molar-refractivity contribution >= 4 is 42.3 Å². The number of rotatable bonds is 3. The Kier molecular flexibility index (Phi) is 4.36. The van der Waals surface area contributed by atoms with Gasteiger partial charge in [-0.05, 0) is 15.9 Å². The molecule has 2 nitrogen and oxygen atoms in total. The van der Waals surface area contributed by atoms with E-state index in [1.165, 1.54) is 0 Å². The van der Waals surface area contributed by atoms with Gasteiger partial charge < -0.3 is 0 Å². The third kappa shape index (κ3) is 4.46. The van der Waals surface area contributed by atoms with Gasteiger partial charge in [0, 0.05) is 0 Å². The van der Waals surface area contributed by atoms with Gasteiger partial charge >= 0.3 is 0 Å². The molecule has 0 atom stereocenters. The maximum absolute atomic E-state index is 10.3. The van der Waals surface area contributed by atoms with Crippen molar-refractivity contribution in [1.29, 1.82) is 0 Å². The van der Waals surface area contributed by atoms with Crippen LogP contribution in [0.2, 0.25) is 0 Å². The molecule has 0 bridgehead atoms. The zero-order valence-corrected chi connectivity index (χ0v) is 7.16. The predicted octanol–water partition coefficient (Wildman–Crippen LogP) is 1.26. The molecule has 0 aliphatic rings. The first-order chi connectivity index (χ1) is 3.66. The van der Waals surface area contributed by atoms with Crippen LogP contribution in [0.4, 0.5) is 0 Å². The van der Waals surface area contributed by atoms with Crippen LogP contribution in [0.5, 0.6) is 0 Å². The van der Waals surface area contributed by atoms with Crippen LogP contribution in [-0.4, -0.2) is 15.8 Å². The van der Waals surface area contributed by atoms with Crippen LogP contribution in [0.1, 0.15) is 6.42 Å². The standard InChI is InChI=1S/C4H4Br2O2/c5-2-3(7)1-4(6)8/h1-2H2. The lowest BCUT2D eigenvalue weighted by atomic mass is 10.3. The van der Waals surface area contributed by atoms with Gasteiger partial charge in [-0.2, -0.15) is 0 Å². The van der Waals surface area contributed by atoms with Gasteiger partial charge in [-0.15, -0.1) is 0 Å². The molecule has 0 aliphatic heterocycles. The zero-order valence-electron chi connectivity index (χ0n) is 3.99. The van der Waals surface area contributed by atoms with Crippen LogP contribution in [0.25, 0.3) is 0 Å². The Bertz CT molecular complexity index is 111. The van der Waals surface area contributed by atoms with Gasteiger partial charge in [0.15, 0.2) is 5.78 Å². The van der Waals surface area contributed by atoms with Gasteiger partial charge in [-0.1, -0.05) is 15.9 Å². The van der Waals surface area contributed by atoms with Gasteiger partial charge in [-0.3, -0.25) is 9.59 Å². The maximum atomic E-state index is 10.3. The first-order valence-electron chi connectivity index (χ1n) is 1.93. The van der Waals surface area contributed by atoms with E-state index in [1.54, 1.807) is 0 Å². The Balaban J connectivity index is 3.40. The van der Waals surface area contributed by atoms with Crippen molar-refractivity contribution < 1.29 is 9.59 Å².